The lowest BCUT2D eigenvalue weighted by molar-refractivity contribution is -0.127. The lowest BCUT2D eigenvalue weighted by atomic mass is 10.0. The molecule has 1 aliphatic heterocycles. The second-order valence-corrected chi connectivity index (χ2v) is 5.90. The fourth-order valence-electron chi connectivity index (χ4n) is 2.20. The van der Waals surface area contributed by atoms with Gasteiger partial charge in [-0.3, -0.25) is 4.79 Å². The molecule has 1 saturated heterocycles. The molecule has 3 nitrogen and oxygen atoms in total. The summed E-state index contributed by atoms with van der Waals surface area (Å²) in [4.78, 5) is 15.1. The molecule has 0 radical (unpaired) electrons. The Morgan fingerprint density at radius 2 is 2.22 bits per heavy atom. The van der Waals surface area contributed by atoms with Crippen LogP contribution >= 0.6 is 11.8 Å². The van der Waals surface area contributed by atoms with E-state index in [9.17, 15) is 4.79 Å². The van der Waals surface area contributed by atoms with Crippen LogP contribution < -0.4 is 5.73 Å². The summed E-state index contributed by atoms with van der Waals surface area (Å²) in [5.74, 6) is 1.22. The molecule has 0 aliphatic carbocycles. The first-order chi connectivity index (χ1) is 8.66. The van der Waals surface area contributed by atoms with Crippen molar-refractivity contribution in [2.24, 2.45) is 11.7 Å². The van der Waals surface area contributed by atoms with Crippen molar-refractivity contribution >= 4 is 17.7 Å². The predicted molar refractivity (Wildman–Crippen MR) is 75.5 cm³/mol. The SMILES string of the molecule is CC(N)C1CCN(C(=O)CSc2ccccc2)C1. The maximum Gasteiger partial charge on any atom is 0.232 e. The molecule has 2 N–H and O–H groups in total. The van der Waals surface area contributed by atoms with Crippen molar-refractivity contribution in [3.63, 3.8) is 0 Å². The van der Waals surface area contributed by atoms with E-state index in [2.05, 4.69) is 0 Å². The Labute approximate surface area is 113 Å². The first kappa shape index (κ1) is 13.4. The van der Waals surface area contributed by atoms with Gasteiger partial charge in [-0.15, -0.1) is 11.8 Å². The Bertz CT molecular complexity index is 394. The number of carbonyl (C=O) groups is 1. The average Bonchev–Trinajstić information content (AvgIpc) is 2.87. The van der Waals surface area contributed by atoms with Crippen molar-refractivity contribution in [1.82, 2.24) is 4.90 Å². The smallest absolute Gasteiger partial charge is 0.232 e. The fourth-order valence-corrected chi connectivity index (χ4v) is 3.02. The molecule has 2 unspecified atom stereocenters. The molecule has 0 spiro atoms. The van der Waals surface area contributed by atoms with E-state index in [4.69, 9.17) is 5.73 Å². The van der Waals surface area contributed by atoms with Gasteiger partial charge in [0.2, 0.25) is 5.91 Å². The number of hydrogen-bond acceptors (Lipinski definition) is 3. The average molecular weight is 264 g/mol. The zero-order chi connectivity index (χ0) is 13.0. The van der Waals surface area contributed by atoms with Gasteiger partial charge < -0.3 is 10.6 Å². The van der Waals surface area contributed by atoms with E-state index in [-0.39, 0.29) is 11.9 Å². The summed E-state index contributed by atoms with van der Waals surface area (Å²) in [5.41, 5.74) is 5.88. The van der Waals surface area contributed by atoms with Gasteiger partial charge in [0.1, 0.15) is 0 Å². The van der Waals surface area contributed by atoms with E-state index in [0.717, 1.165) is 24.4 Å². The second kappa shape index (κ2) is 6.25. The van der Waals surface area contributed by atoms with Crippen molar-refractivity contribution in [2.45, 2.75) is 24.3 Å². The zero-order valence-electron chi connectivity index (χ0n) is 10.7. The number of likely N-dealkylation sites (tertiary alicyclic amines) is 1. The van der Waals surface area contributed by atoms with Crippen molar-refractivity contribution < 1.29 is 4.79 Å². The van der Waals surface area contributed by atoms with Crippen LogP contribution in [0.4, 0.5) is 0 Å². The molecule has 1 heterocycles. The second-order valence-electron chi connectivity index (χ2n) is 4.85. The minimum absolute atomic E-state index is 0.185. The van der Waals surface area contributed by atoms with E-state index in [1.807, 2.05) is 42.2 Å². The van der Waals surface area contributed by atoms with Gasteiger partial charge in [0, 0.05) is 24.0 Å². The van der Waals surface area contributed by atoms with Crippen molar-refractivity contribution in [3.8, 4) is 0 Å². The number of rotatable bonds is 4. The third-order valence-corrected chi connectivity index (χ3v) is 4.42. The van der Waals surface area contributed by atoms with Crippen LogP contribution in [0.2, 0.25) is 0 Å². The Kier molecular flexibility index (Phi) is 4.66. The monoisotopic (exact) mass is 264 g/mol. The Morgan fingerprint density at radius 1 is 1.50 bits per heavy atom. The number of hydrogen-bond donors (Lipinski definition) is 1. The number of nitrogens with zero attached hydrogens (tertiary/aromatic N) is 1. The highest BCUT2D eigenvalue weighted by Gasteiger charge is 2.27. The zero-order valence-corrected chi connectivity index (χ0v) is 11.5. The lowest BCUT2D eigenvalue weighted by Gasteiger charge is -2.17. The molecule has 1 aromatic rings. The number of nitrogens with two attached hydrogens (primary N) is 1. The highest BCUT2D eigenvalue weighted by atomic mass is 32.2. The molecule has 1 aromatic carbocycles. The molecule has 2 rings (SSSR count). The molecule has 0 bridgehead atoms. The standard InChI is InChI=1S/C14H20N2OS/c1-11(15)12-7-8-16(9-12)14(17)10-18-13-5-3-2-4-6-13/h2-6,11-12H,7-10,15H2,1H3. The van der Waals surface area contributed by atoms with E-state index in [1.54, 1.807) is 11.8 Å². The molecule has 1 amide bonds. The van der Waals surface area contributed by atoms with Crippen LogP contribution in [0.1, 0.15) is 13.3 Å². The summed E-state index contributed by atoms with van der Waals surface area (Å²) in [6.45, 7) is 3.71. The highest BCUT2D eigenvalue weighted by Crippen LogP contribution is 2.22. The predicted octanol–water partition coefficient (Wildman–Crippen LogP) is 1.97. The summed E-state index contributed by atoms with van der Waals surface area (Å²) in [5, 5.41) is 0. The van der Waals surface area contributed by atoms with Crippen LogP contribution in [-0.2, 0) is 4.79 Å². The van der Waals surface area contributed by atoms with Crippen molar-refractivity contribution in [3.05, 3.63) is 30.3 Å². The molecular formula is C14H20N2OS. The first-order valence-corrected chi connectivity index (χ1v) is 7.36. The van der Waals surface area contributed by atoms with Gasteiger partial charge in [-0.1, -0.05) is 18.2 Å². The van der Waals surface area contributed by atoms with Gasteiger partial charge in [-0.05, 0) is 31.4 Å². The number of amides is 1. The Hall–Kier alpha value is -1.00. The highest BCUT2D eigenvalue weighted by molar-refractivity contribution is 8.00. The largest absolute Gasteiger partial charge is 0.342 e. The van der Waals surface area contributed by atoms with E-state index < -0.39 is 0 Å². The maximum atomic E-state index is 12.1. The molecular weight excluding hydrogens is 244 g/mol. The third-order valence-electron chi connectivity index (χ3n) is 3.43. The van der Waals surface area contributed by atoms with Crippen LogP contribution in [0.3, 0.4) is 0 Å². The van der Waals surface area contributed by atoms with Crippen molar-refractivity contribution in [1.29, 1.82) is 0 Å². The third kappa shape index (κ3) is 3.50. The van der Waals surface area contributed by atoms with Crippen LogP contribution in [-0.4, -0.2) is 35.7 Å². The Morgan fingerprint density at radius 3 is 2.83 bits per heavy atom. The van der Waals surface area contributed by atoms with Gasteiger partial charge in [-0.25, -0.2) is 0 Å². The van der Waals surface area contributed by atoms with E-state index in [1.165, 1.54) is 0 Å². The summed E-state index contributed by atoms with van der Waals surface area (Å²) in [7, 11) is 0. The van der Waals surface area contributed by atoms with Crippen molar-refractivity contribution in [2.75, 3.05) is 18.8 Å². The van der Waals surface area contributed by atoms with Crippen LogP contribution in [0.15, 0.2) is 35.2 Å². The van der Waals surface area contributed by atoms with Gasteiger partial charge in [0.15, 0.2) is 0 Å². The van der Waals surface area contributed by atoms with Gasteiger partial charge in [0.05, 0.1) is 5.75 Å². The summed E-state index contributed by atoms with van der Waals surface area (Å²) in [6, 6.07) is 10.2. The normalized spacial score (nSPS) is 21.0. The fraction of sp³-hybridized carbons (Fsp3) is 0.500. The molecule has 0 saturated carbocycles. The molecule has 98 valence electrons. The lowest BCUT2D eigenvalue weighted by Crippen LogP contribution is -2.33. The van der Waals surface area contributed by atoms with Crippen LogP contribution in [0.25, 0.3) is 0 Å². The molecule has 4 heteroatoms. The topological polar surface area (TPSA) is 46.3 Å². The number of thioether (sulfide) groups is 1. The summed E-state index contributed by atoms with van der Waals surface area (Å²) < 4.78 is 0. The quantitative estimate of drug-likeness (QED) is 0.846. The van der Waals surface area contributed by atoms with E-state index in [0.29, 0.717) is 11.7 Å². The molecule has 1 fully saturated rings. The van der Waals surface area contributed by atoms with Gasteiger partial charge >= 0.3 is 0 Å². The molecule has 1 aliphatic rings. The molecule has 2 atom stereocenters. The maximum absolute atomic E-state index is 12.1. The van der Waals surface area contributed by atoms with E-state index >= 15 is 0 Å². The van der Waals surface area contributed by atoms with Gasteiger partial charge in [0.25, 0.3) is 0 Å². The minimum atomic E-state index is 0.185. The summed E-state index contributed by atoms with van der Waals surface area (Å²) >= 11 is 1.60. The summed E-state index contributed by atoms with van der Waals surface area (Å²) in [6.07, 6.45) is 1.04. The minimum Gasteiger partial charge on any atom is -0.342 e. The van der Waals surface area contributed by atoms with Crippen LogP contribution in [0.5, 0.6) is 0 Å². The molecule has 0 aromatic heterocycles. The number of carbonyl (C=O) groups excluding carboxylic acids is 1. The van der Waals surface area contributed by atoms with Crippen LogP contribution in [0, 0.1) is 5.92 Å². The van der Waals surface area contributed by atoms with Gasteiger partial charge in [-0.2, -0.15) is 0 Å². The Balaban J connectivity index is 1.79. The molecule has 18 heavy (non-hydrogen) atoms. The number of benzene rings is 1. The first-order valence-electron chi connectivity index (χ1n) is 6.38.